The Morgan fingerprint density at radius 1 is 1.14 bits per heavy atom. The van der Waals surface area contributed by atoms with Gasteiger partial charge in [0, 0.05) is 58.4 Å². The third-order valence-electron chi connectivity index (χ3n) is 6.04. The first kappa shape index (κ1) is 21.7. The van der Waals surface area contributed by atoms with Crippen molar-refractivity contribution in [3.05, 3.63) is 23.2 Å². The number of carbonyl (C=O) groups is 1. The molecule has 29 heavy (non-hydrogen) atoms. The standard InChI is InChI=1S/C22H37N5O2/c1-16-10-17(2)14-27(13-16)21(28)15-25-6-8-26(9-7-25)22(23-5)24-12-20-11-18(3)29-19(20)4/h11,16-17H,6-10,12-15H2,1-5H3,(H,23,24). The molecule has 2 fully saturated rings. The maximum absolute atomic E-state index is 12.7. The fraction of sp³-hybridized carbons (Fsp3) is 0.727. The van der Waals surface area contributed by atoms with Crippen molar-refractivity contribution < 1.29 is 9.21 Å². The number of nitrogens with zero attached hydrogens (tertiary/aromatic N) is 4. The van der Waals surface area contributed by atoms with Gasteiger partial charge in [-0.05, 0) is 38.2 Å². The van der Waals surface area contributed by atoms with Crippen LogP contribution in [-0.2, 0) is 11.3 Å². The Morgan fingerprint density at radius 2 is 1.79 bits per heavy atom. The Kier molecular flexibility index (Phi) is 7.22. The Balaban J connectivity index is 1.45. The highest BCUT2D eigenvalue weighted by Gasteiger charge is 2.28. The van der Waals surface area contributed by atoms with E-state index in [9.17, 15) is 4.79 Å². The fourth-order valence-corrected chi connectivity index (χ4v) is 4.64. The van der Waals surface area contributed by atoms with E-state index < -0.39 is 0 Å². The molecule has 2 aliphatic heterocycles. The summed E-state index contributed by atoms with van der Waals surface area (Å²) >= 11 is 0. The topological polar surface area (TPSA) is 64.3 Å². The molecule has 0 aliphatic carbocycles. The third kappa shape index (κ3) is 5.75. The summed E-state index contributed by atoms with van der Waals surface area (Å²) in [7, 11) is 1.82. The third-order valence-corrected chi connectivity index (χ3v) is 6.04. The van der Waals surface area contributed by atoms with Gasteiger partial charge in [-0.1, -0.05) is 13.8 Å². The highest BCUT2D eigenvalue weighted by Crippen LogP contribution is 2.21. The average molecular weight is 404 g/mol. The maximum atomic E-state index is 12.7. The minimum absolute atomic E-state index is 0.283. The molecule has 2 saturated heterocycles. The van der Waals surface area contributed by atoms with Gasteiger partial charge in [-0.25, -0.2) is 0 Å². The molecular formula is C22H37N5O2. The lowest BCUT2D eigenvalue weighted by atomic mass is 9.92. The van der Waals surface area contributed by atoms with Crippen molar-refractivity contribution in [2.75, 3.05) is 52.9 Å². The fourth-order valence-electron chi connectivity index (χ4n) is 4.64. The molecular weight excluding hydrogens is 366 g/mol. The number of furan rings is 1. The molecule has 2 aliphatic rings. The van der Waals surface area contributed by atoms with Crippen LogP contribution < -0.4 is 5.32 Å². The summed E-state index contributed by atoms with van der Waals surface area (Å²) in [5, 5.41) is 3.45. The first-order valence-corrected chi connectivity index (χ1v) is 10.9. The first-order chi connectivity index (χ1) is 13.9. The van der Waals surface area contributed by atoms with Crippen molar-refractivity contribution in [1.29, 1.82) is 0 Å². The normalized spacial score (nSPS) is 24.1. The van der Waals surface area contributed by atoms with Gasteiger partial charge in [0.2, 0.25) is 5.91 Å². The number of piperazine rings is 1. The minimum Gasteiger partial charge on any atom is -0.466 e. The molecule has 1 amide bonds. The van der Waals surface area contributed by atoms with Gasteiger partial charge >= 0.3 is 0 Å². The molecule has 0 saturated carbocycles. The van der Waals surface area contributed by atoms with Gasteiger partial charge in [0.1, 0.15) is 11.5 Å². The van der Waals surface area contributed by atoms with E-state index >= 15 is 0 Å². The zero-order valence-corrected chi connectivity index (χ0v) is 18.7. The summed E-state index contributed by atoms with van der Waals surface area (Å²) in [6.45, 7) is 15.0. The van der Waals surface area contributed by atoms with Crippen LogP contribution in [-0.4, -0.2) is 79.4 Å². The van der Waals surface area contributed by atoms with E-state index in [0.717, 1.165) is 62.3 Å². The molecule has 1 N–H and O–H groups in total. The predicted molar refractivity (Wildman–Crippen MR) is 116 cm³/mol. The number of likely N-dealkylation sites (tertiary alicyclic amines) is 1. The number of hydrogen-bond donors (Lipinski definition) is 1. The smallest absolute Gasteiger partial charge is 0.236 e. The molecule has 0 radical (unpaired) electrons. The van der Waals surface area contributed by atoms with Gasteiger partial charge in [0.05, 0.1) is 6.54 Å². The maximum Gasteiger partial charge on any atom is 0.236 e. The lowest BCUT2D eigenvalue weighted by Gasteiger charge is -2.39. The van der Waals surface area contributed by atoms with Crippen molar-refractivity contribution in [3.63, 3.8) is 0 Å². The van der Waals surface area contributed by atoms with E-state index in [1.807, 2.05) is 20.9 Å². The van der Waals surface area contributed by atoms with Crippen LogP contribution in [0.3, 0.4) is 0 Å². The number of nitrogens with one attached hydrogen (secondary N) is 1. The van der Waals surface area contributed by atoms with Crippen LogP contribution in [0.25, 0.3) is 0 Å². The van der Waals surface area contributed by atoms with Gasteiger partial charge in [0.15, 0.2) is 5.96 Å². The summed E-state index contributed by atoms with van der Waals surface area (Å²) in [5.74, 6) is 4.30. The van der Waals surface area contributed by atoms with Crippen LogP contribution in [0.5, 0.6) is 0 Å². The number of rotatable bonds is 4. The average Bonchev–Trinajstić information content (AvgIpc) is 3.00. The number of hydrogen-bond acceptors (Lipinski definition) is 4. The molecule has 0 bridgehead atoms. The van der Waals surface area contributed by atoms with Gasteiger partial charge in [0.25, 0.3) is 0 Å². The highest BCUT2D eigenvalue weighted by molar-refractivity contribution is 5.80. The van der Waals surface area contributed by atoms with Crippen molar-refractivity contribution in [1.82, 2.24) is 20.0 Å². The quantitative estimate of drug-likeness (QED) is 0.616. The van der Waals surface area contributed by atoms with E-state index in [1.54, 1.807) is 0 Å². The lowest BCUT2D eigenvalue weighted by Crippen LogP contribution is -2.55. The van der Waals surface area contributed by atoms with Gasteiger partial charge in [-0.3, -0.25) is 14.7 Å². The molecule has 7 nitrogen and oxygen atoms in total. The Morgan fingerprint density at radius 3 is 2.34 bits per heavy atom. The minimum atomic E-state index is 0.283. The monoisotopic (exact) mass is 403 g/mol. The second-order valence-electron chi connectivity index (χ2n) is 8.85. The molecule has 162 valence electrons. The highest BCUT2D eigenvalue weighted by atomic mass is 16.3. The van der Waals surface area contributed by atoms with Crippen LogP contribution in [0, 0.1) is 25.7 Å². The summed E-state index contributed by atoms with van der Waals surface area (Å²) in [6, 6.07) is 2.07. The van der Waals surface area contributed by atoms with Crippen LogP contribution in [0.15, 0.2) is 15.5 Å². The summed E-state index contributed by atoms with van der Waals surface area (Å²) in [4.78, 5) is 23.8. The van der Waals surface area contributed by atoms with E-state index in [1.165, 1.54) is 6.42 Å². The van der Waals surface area contributed by atoms with Crippen molar-refractivity contribution in [2.45, 2.75) is 40.7 Å². The van der Waals surface area contributed by atoms with Crippen LogP contribution in [0.2, 0.25) is 0 Å². The summed E-state index contributed by atoms with van der Waals surface area (Å²) < 4.78 is 5.60. The molecule has 1 aromatic rings. The lowest BCUT2D eigenvalue weighted by molar-refractivity contribution is -0.135. The number of aliphatic imine (C=N–C) groups is 1. The van der Waals surface area contributed by atoms with E-state index in [0.29, 0.717) is 24.9 Å². The Hall–Kier alpha value is -2.02. The van der Waals surface area contributed by atoms with Crippen molar-refractivity contribution >= 4 is 11.9 Å². The number of guanidine groups is 1. The SMILES string of the molecule is CN=C(NCc1cc(C)oc1C)N1CCN(CC(=O)N2CC(C)CC(C)C2)CC1. The molecule has 0 spiro atoms. The van der Waals surface area contributed by atoms with Crippen LogP contribution >= 0.6 is 0 Å². The van der Waals surface area contributed by atoms with Gasteiger partial charge < -0.3 is 19.5 Å². The molecule has 3 heterocycles. The van der Waals surface area contributed by atoms with Crippen molar-refractivity contribution in [3.8, 4) is 0 Å². The number of aryl methyl sites for hydroxylation is 2. The van der Waals surface area contributed by atoms with Crippen molar-refractivity contribution in [2.24, 2.45) is 16.8 Å². The van der Waals surface area contributed by atoms with Crippen LogP contribution in [0.4, 0.5) is 0 Å². The molecule has 7 heteroatoms. The second kappa shape index (κ2) is 9.65. The molecule has 1 aromatic heterocycles. The molecule has 3 rings (SSSR count). The van der Waals surface area contributed by atoms with Crippen LogP contribution in [0.1, 0.15) is 37.4 Å². The second-order valence-corrected chi connectivity index (χ2v) is 8.85. The largest absolute Gasteiger partial charge is 0.466 e. The summed E-state index contributed by atoms with van der Waals surface area (Å²) in [5.41, 5.74) is 1.16. The molecule has 0 aromatic carbocycles. The molecule has 2 atom stereocenters. The zero-order valence-electron chi connectivity index (χ0n) is 18.7. The van der Waals surface area contributed by atoms with Gasteiger partial charge in [-0.2, -0.15) is 0 Å². The zero-order chi connectivity index (χ0) is 21.0. The van der Waals surface area contributed by atoms with E-state index in [2.05, 4.69) is 44.9 Å². The molecule has 2 unspecified atom stereocenters. The number of amides is 1. The Labute approximate surface area is 175 Å². The number of carbonyl (C=O) groups excluding carboxylic acids is 1. The predicted octanol–water partition coefficient (Wildman–Crippen LogP) is 2.09. The first-order valence-electron chi connectivity index (χ1n) is 10.9. The van der Waals surface area contributed by atoms with Gasteiger partial charge in [-0.15, -0.1) is 0 Å². The Bertz CT molecular complexity index is 711. The summed E-state index contributed by atoms with van der Waals surface area (Å²) in [6.07, 6.45) is 1.23. The van der Waals surface area contributed by atoms with E-state index in [4.69, 9.17) is 4.42 Å². The number of piperidine rings is 1. The van der Waals surface area contributed by atoms with E-state index in [-0.39, 0.29) is 5.91 Å².